The number of rotatable bonds is 8. The zero-order valence-corrected chi connectivity index (χ0v) is 11.2. The first-order valence-electron chi connectivity index (χ1n) is 6.11. The second-order valence-corrected chi connectivity index (χ2v) is 5.13. The molecule has 0 aromatic carbocycles. The van der Waals surface area contributed by atoms with Crippen LogP contribution in [0.25, 0.3) is 0 Å². The van der Waals surface area contributed by atoms with Crippen LogP contribution in [0.1, 0.15) is 40.0 Å². The summed E-state index contributed by atoms with van der Waals surface area (Å²) in [5.41, 5.74) is -0.804. The third-order valence-corrected chi connectivity index (χ3v) is 2.96. The number of halogens is 3. The molecular formula is C12H22F3NO2. The molecular weight excluding hydrogens is 247 g/mol. The highest BCUT2D eigenvalue weighted by Crippen LogP contribution is 2.23. The highest BCUT2D eigenvalue weighted by atomic mass is 19.4. The van der Waals surface area contributed by atoms with Crippen molar-refractivity contribution in [3.8, 4) is 0 Å². The molecule has 0 heterocycles. The average molecular weight is 269 g/mol. The SMILES string of the molecule is CCN(CCCCC(C)(C)C(=O)O)CC(F)(F)F. The topological polar surface area (TPSA) is 40.5 Å². The number of nitrogens with zero attached hydrogens (tertiary/aromatic N) is 1. The minimum Gasteiger partial charge on any atom is -0.481 e. The van der Waals surface area contributed by atoms with Crippen molar-refractivity contribution in [2.75, 3.05) is 19.6 Å². The van der Waals surface area contributed by atoms with Crippen LogP contribution in [-0.2, 0) is 4.79 Å². The highest BCUT2D eigenvalue weighted by molar-refractivity contribution is 5.73. The molecule has 0 saturated heterocycles. The summed E-state index contributed by atoms with van der Waals surface area (Å²) in [4.78, 5) is 12.2. The minimum absolute atomic E-state index is 0.349. The summed E-state index contributed by atoms with van der Waals surface area (Å²) in [5, 5.41) is 8.89. The molecule has 0 bridgehead atoms. The van der Waals surface area contributed by atoms with Crippen LogP contribution in [0, 0.1) is 5.41 Å². The van der Waals surface area contributed by atoms with Gasteiger partial charge in [0.1, 0.15) is 0 Å². The fraction of sp³-hybridized carbons (Fsp3) is 0.917. The number of aliphatic carboxylic acids is 1. The van der Waals surface area contributed by atoms with Gasteiger partial charge in [-0.2, -0.15) is 13.2 Å². The van der Waals surface area contributed by atoms with Crippen molar-refractivity contribution in [3.63, 3.8) is 0 Å². The van der Waals surface area contributed by atoms with Crippen molar-refractivity contribution >= 4 is 5.97 Å². The largest absolute Gasteiger partial charge is 0.481 e. The average Bonchev–Trinajstić information content (AvgIpc) is 2.20. The van der Waals surface area contributed by atoms with Crippen LogP contribution in [0.15, 0.2) is 0 Å². The predicted octanol–water partition coefficient (Wildman–Crippen LogP) is 3.15. The minimum atomic E-state index is -4.17. The monoisotopic (exact) mass is 269 g/mol. The molecule has 0 aliphatic heterocycles. The number of hydrogen-bond acceptors (Lipinski definition) is 2. The molecule has 0 atom stereocenters. The van der Waals surface area contributed by atoms with E-state index in [-0.39, 0.29) is 0 Å². The molecule has 0 fully saturated rings. The van der Waals surface area contributed by atoms with Gasteiger partial charge in [-0.1, -0.05) is 13.3 Å². The molecule has 0 saturated carbocycles. The van der Waals surface area contributed by atoms with Crippen LogP contribution in [0.4, 0.5) is 13.2 Å². The Kier molecular flexibility index (Phi) is 6.67. The molecule has 1 N–H and O–H groups in total. The molecule has 108 valence electrons. The van der Waals surface area contributed by atoms with E-state index in [9.17, 15) is 18.0 Å². The van der Waals surface area contributed by atoms with E-state index in [0.717, 1.165) is 0 Å². The number of carboxylic acids is 1. The fourth-order valence-electron chi connectivity index (χ4n) is 1.61. The van der Waals surface area contributed by atoms with Crippen molar-refractivity contribution < 1.29 is 23.1 Å². The molecule has 0 amide bonds. The van der Waals surface area contributed by atoms with Gasteiger partial charge in [0.05, 0.1) is 12.0 Å². The van der Waals surface area contributed by atoms with E-state index in [1.54, 1.807) is 20.8 Å². The van der Waals surface area contributed by atoms with Crippen molar-refractivity contribution in [1.29, 1.82) is 0 Å². The van der Waals surface area contributed by atoms with Crippen LogP contribution in [0.5, 0.6) is 0 Å². The molecule has 18 heavy (non-hydrogen) atoms. The van der Waals surface area contributed by atoms with E-state index in [1.807, 2.05) is 0 Å². The lowest BCUT2D eigenvalue weighted by Crippen LogP contribution is -2.35. The van der Waals surface area contributed by atoms with Gasteiger partial charge in [-0.15, -0.1) is 0 Å². The highest BCUT2D eigenvalue weighted by Gasteiger charge is 2.30. The van der Waals surface area contributed by atoms with Crippen LogP contribution in [0.3, 0.4) is 0 Å². The van der Waals surface area contributed by atoms with E-state index in [2.05, 4.69) is 0 Å². The molecule has 0 rings (SSSR count). The Bertz CT molecular complexity index is 265. The Hall–Kier alpha value is -0.780. The van der Waals surface area contributed by atoms with Crippen LogP contribution in [-0.4, -0.2) is 41.8 Å². The first-order valence-corrected chi connectivity index (χ1v) is 6.11. The van der Waals surface area contributed by atoms with Gasteiger partial charge in [0.15, 0.2) is 0 Å². The van der Waals surface area contributed by atoms with E-state index >= 15 is 0 Å². The lowest BCUT2D eigenvalue weighted by Gasteiger charge is -2.23. The zero-order valence-electron chi connectivity index (χ0n) is 11.2. The fourth-order valence-corrected chi connectivity index (χ4v) is 1.61. The molecule has 0 aliphatic rings. The molecule has 3 nitrogen and oxygen atoms in total. The summed E-state index contributed by atoms with van der Waals surface area (Å²) in [6.45, 7) is 4.75. The summed E-state index contributed by atoms with van der Waals surface area (Å²) < 4.78 is 36.5. The first kappa shape index (κ1) is 17.2. The lowest BCUT2D eigenvalue weighted by atomic mass is 9.87. The molecule has 0 aromatic rings. The number of unbranched alkanes of at least 4 members (excludes halogenated alkanes) is 1. The molecule has 6 heteroatoms. The van der Waals surface area contributed by atoms with Crippen molar-refractivity contribution in [2.24, 2.45) is 5.41 Å². The Labute approximate surface area is 106 Å². The van der Waals surface area contributed by atoms with E-state index in [1.165, 1.54) is 4.90 Å². The van der Waals surface area contributed by atoms with Crippen molar-refractivity contribution in [1.82, 2.24) is 4.90 Å². The quantitative estimate of drug-likeness (QED) is 0.688. The van der Waals surface area contributed by atoms with Crippen molar-refractivity contribution in [2.45, 2.75) is 46.2 Å². The molecule has 0 spiro atoms. The van der Waals surface area contributed by atoms with Gasteiger partial charge in [-0.05, 0) is 39.8 Å². The summed E-state index contributed by atoms with van der Waals surface area (Å²) in [6, 6.07) is 0. The molecule has 0 aromatic heterocycles. The zero-order chi connectivity index (χ0) is 14.4. The molecule has 0 radical (unpaired) electrons. The van der Waals surface area contributed by atoms with E-state index in [0.29, 0.717) is 32.4 Å². The Morgan fingerprint density at radius 2 is 1.78 bits per heavy atom. The summed E-state index contributed by atoms with van der Waals surface area (Å²) >= 11 is 0. The predicted molar refractivity (Wildman–Crippen MR) is 63.4 cm³/mol. The maximum atomic E-state index is 12.2. The maximum absolute atomic E-state index is 12.2. The Balaban J connectivity index is 3.92. The number of carbonyl (C=O) groups is 1. The second kappa shape index (κ2) is 6.97. The smallest absolute Gasteiger partial charge is 0.401 e. The summed E-state index contributed by atoms with van der Waals surface area (Å²) in [7, 11) is 0. The van der Waals surface area contributed by atoms with Gasteiger partial charge in [0.2, 0.25) is 0 Å². The second-order valence-electron chi connectivity index (χ2n) is 5.13. The summed E-state index contributed by atoms with van der Waals surface area (Å²) in [6.07, 6.45) is -2.49. The molecule has 0 aliphatic carbocycles. The number of carboxylic acid groups (broad SMARTS) is 1. The van der Waals surface area contributed by atoms with Gasteiger partial charge >= 0.3 is 12.1 Å². The lowest BCUT2D eigenvalue weighted by molar-refractivity contribution is -0.147. The van der Waals surface area contributed by atoms with Gasteiger partial charge in [0, 0.05) is 0 Å². The van der Waals surface area contributed by atoms with Gasteiger partial charge in [-0.25, -0.2) is 0 Å². The van der Waals surface area contributed by atoms with E-state index in [4.69, 9.17) is 5.11 Å². The Morgan fingerprint density at radius 1 is 1.22 bits per heavy atom. The van der Waals surface area contributed by atoms with Crippen LogP contribution < -0.4 is 0 Å². The molecule has 0 unspecified atom stereocenters. The first-order chi connectivity index (χ1) is 8.08. The van der Waals surface area contributed by atoms with Crippen molar-refractivity contribution in [3.05, 3.63) is 0 Å². The third-order valence-electron chi connectivity index (χ3n) is 2.96. The third kappa shape index (κ3) is 7.53. The van der Waals surface area contributed by atoms with E-state index < -0.39 is 24.1 Å². The van der Waals surface area contributed by atoms with Crippen LogP contribution in [0.2, 0.25) is 0 Å². The Morgan fingerprint density at radius 3 is 2.17 bits per heavy atom. The van der Waals surface area contributed by atoms with Gasteiger partial charge in [-0.3, -0.25) is 9.69 Å². The maximum Gasteiger partial charge on any atom is 0.401 e. The normalized spacial score (nSPS) is 13.1. The number of alkyl halides is 3. The van der Waals surface area contributed by atoms with Gasteiger partial charge < -0.3 is 5.11 Å². The standard InChI is InChI=1S/C12H22F3NO2/c1-4-16(9-12(13,14)15)8-6-5-7-11(2,3)10(17)18/h4-9H2,1-3H3,(H,17,18). The number of hydrogen-bond donors (Lipinski definition) is 1. The summed E-state index contributed by atoms with van der Waals surface area (Å²) in [5.74, 6) is -0.870. The van der Waals surface area contributed by atoms with Gasteiger partial charge in [0.25, 0.3) is 0 Å². The van der Waals surface area contributed by atoms with Crippen LogP contribution >= 0.6 is 0 Å².